The number of anilines is 2. The molecule has 1 aliphatic rings. The van der Waals surface area contributed by atoms with Crippen LogP contribution < -0.4 is 9.62 Å². The second-order valence-corrected chi connectivity index (χ2v) is 13.5. The third-order valence-corrected chi connectivity index (χ3v) is 8.93. The summed E-state index contributed by atoms with van der Waals surface area (Å²) in [5, 5.41) is 0.289. The number of carbonyl (C=O) groups is 2. The number of H-pyrrole nitrogens is 1. The lowest BCUT2D eigenvalue weighted by Crippen LogP contribution is -2.32. The van der Waals surface area contributed by atoms with Crippen molar-refractivity contribution in [3.63, 3.8) is 0 Å². The molecule has 0 saturated carbocycles. The molecule has 5 rings (SSSR count). The molecule has 15 heteroatoms. The van der Waals surface area contributed by atoms with Crippen LogP contribution >= 0.6 is 0 Å². The molecule has 0 amide bonds. The predicted octanol–water partition coefficient (Wildman–Crippen LogP) is 4.31. The smallest absolute Gasteiger partial charge is 0.311 e. The van der Waals surface area contributed by atoms with Crippen LogP contribution in [0.3, 0.4) is 0 Å². The lowest BCUT2D eigenvalue weighted by Gasteiger charge is -2.22. The number of pyridine rings is 1. The van der Waals surface area contributed by atoms with Crippen LogP contribution in [0.5, 0.6) is 0 Å². The molecule has 2 N–H and O–H groups in total. The Hall–Kier alpha value is -4.50. The SMILES string of the molecule is CCN(C)S(=O)(=O)Nc1ccc(F)c(C(=O)c2c[nH]c3ncc(-c4cnc(N5CC[C@H](C(=O)OC(C)(C)C)C5)nc4)cc23)c1F. The Balaban J connectivity index is 1.39. The Bertz CT molecular complexity index is 1870. The van der Waals surface area contributed by atoms with E-state index >= 15 is 4.39 Å². The predicted molar refractivity (Wildman–Crippen MR) is 164 cm³/mol. The summed E-state index contributed by atoms with van der Waals surface area (Å²) >= 11 is 0. The highest BCUT2D eigenvalue weighted by molar-refractivity contribution is 7.90. The molecule has 12 nitrogen and oxygen atoms in total. The first-order valence-electron chi connectivity index (χ1n) is 14.2. The van der Waals surface area contributed by atoms with Gasteiger partial charge >= 0.3 is 16.2 Å². The summed E-state index contributed by atoms with van der Waals surface area (Å²) in [4.78, 5) is 44.0. The van der Waals surface area contributed by atoms with Crippen molar-refractivity contribution >= 4 is 44.6 Å². The molecule has 1 saturated heterocycles. The highest BCUT2D eigenvalue weighted by atomic mass is 32.2. The number of aromatic nitrogens is 4. The average Bonchev–Trinajstić information content (AvgIpc) is 3.65. The minimum Gasteiger partial charge on any atom is -0.460 e. The fraction of sp³-hybridized carbons (Fsp3) is 0.367. The summed E-state index contributed by atoms with van der Waals surface area (Å²) < 4.78 is 63.7. The fourth-order valence-electron chi connectivity index (χ4n) is 4.86. The normalized spacial score (nSPS) is 15.6. The molecule has 3 aromatic heterocycles. The summed E-state index contributed by atoms with van der Waals surface area (Å²) in [6, 6.07) is 3.37. The number of ketones is 1. The summed E-state index contributed by atoms with van der Waals surface area (Å²) in [6.45, 7) is 8.20. The zero-order valence-electron chi connectivity index (χ0n) is 25.4. The molecule has 0 radical (unpaired) electrons. The van der Waals surface area contributed by atoms with Crippen LogP contribution in [-0.4, -0.2) is 76.7 Å². The first-order chi connectivity index (χ1) is 21.2. The van der Waals surface area contributed by atoms with Crippen molar-refractivity contribution in [3.05, 3.63) is 65.7 Å². The molecule has 1 aromatic carbocycles. The molecule has 1 aliphatic heterocycles. The molecule has 1 atom stereocenters. The van der Waals surface area contributed by atoms with Crippen LogP contribution in [0.25, 0.3) is 22.2 Å². The number of esters is 1. The van der Waals surface area contributed by atoms with Gasteiger partial charge in [-0.05, 0) is 45.4 Å². The van der Waals surface area contributed by atoms with Crippen molar-refractivity contribution < 1.29 is 31.5 Å². The summed E-state index contributed by atoms with van der Waals surface area (Å²) in [7, 11) is -2.84. The van der Waals surface area contributed by atoms with E-state index < -0.39 is 44.5 Å². The van der Waals surface area contributed by atoms with E-state index in [1.165, 1.54) is 13.2 Å². The third kappa shape index (κ3) is 6.63. The number of hydrogen-bond donors (Lipinski definition) is 2. The highest BCUT2D eigenvalue weighted by Crippen LogP contribution is 2.30. The zero-order valence-corrected chi connectivity index (χ0v) is 26.2. The van der Waals surface area contributed by atoms with E-state index in [1.54, 1.807) is 31.6 Å². The van der Waals surface area contributed by atoms with Crippen molar-refractivity contribution in [2.24, 2.45) is 5.92 Å². The lowest BCUT2D eigenvalue weighted by molar-refractivity contribution is -0.159. The van der Waals surface area contributed by atoms with Gasteiger partial charge in [0.2, 0.25) is 11.7 Å². The highest BCUT2D eigenvalue weighted by Gasteiger charge is 2.33. The lowest BCUT2D eigenvalue weighted by atomic mass is 10.0. The minimum atomic E-state index is -4.13. The van der Waals surface area contributed by atoms with Crippen LogP contribution in [0.2, 0.25) is 0 Å². The van der Waals surface area contributed by atoms with Crippen molar-refractivity contribution in [2.75, 3.05) is 36.3 Å². The van der Waals surface area contributed by atoms with Crippen LogP contribution in [0.1, 0.15) is 50.0 Å². The summed E-state index contributed by atoms with van der Waals surface area (Å²) in [5.41, 5.74) is -0.696. The van der Waals surface area contributed by atoms with E-state index in [0.29, 0.717) is 42.2 Å². The van der Waals surface area contributed by atoms with Gasteiger partial charge in [-0.1, -0.05) is 6.92 Å². The Labute approximate surface area is 259 Å². The largest absolute Gasteiger partial charge is 0.460 e. The molecule has 4 heterocycles. The number of carbonyl (C=O) groups excluding carboxylic acids is 2. The molecular formula is C30H33F2N7O5S. The van der Waals surface area contributed by atoms with Gasteiger partial charge in [0.25, 0.3) is 0 Å². The number of hydrogen-bond acceptors (Lipinski definition) is 9. The van der Waals surface area contributed by atoms with Gasteiger partial charge in [-0.15, -0.1) is 0 Å². The molecule has 4 aromatic rings. The number of rotatable bonds is 9. The van der Waals surface area contributed by atoms with Gasteiger partial charge in [0, 0.05) is 73.5 Å². The van der Waals surface area contributed by atoms with Gasteiger partial charge in [0.15, 0.2) is 5.82 Å². The Kier molecular flexibility index (Phi) is 8.60. The zero-order chi connectivity index (χ0) is 32.7. The maximum atomic E-state index is 15.4. The minimum absolute atomic E-state index is 0.0642. The second-order valence-electron chi connectivity index (χ2n) is 11.7. The van der Waals surface area contributed by atoms with Gasteiger partial charge in [0.05, 0.1) is 17.2 Å². The number of aromatic amines is 1. The topological polar surface area (TPSA) is 150 Å². The van der Waals surface area contributed by atoms with Gasteiger partial charge in [0.1, 0.15) is 17.1 Å². The fourth-order valence-corrected chi connectivity index (χ4v) is 5.79. The molecule has 0 spiro atoms. The first kappa shape index (κ1) is 31.9. The monoisotopic (exact) mass is 641 g/mol. The Morgan fingerprint density at radius 3 is 2.49 bits per heavy atom. The molecule has 0 aliphatic carbocycles. The molecule has 0 bridgehead atoms. The Morgan fingerprint density at radius 2 is 1.82 bits per heavy atom. The number of nitrogens with zero attached hydrogens (tertiary/aromatic N) is 5. The summed E-state index contributed by atoms with van der Waals surface area (Å²) in [6.07, 6.45) is 6.63. The first-order valence-corrected chi connectivity index (χ1v) is 15.7. The molecule has 1 fully saturated rings. The number of nitrogens with one attached hydrogen (secondary N) is 2. The quantitative estimate of drug-likeness (QED) is 0.201. The molecular weight excluding hydrogens is 608 g/mol. The van der Waals surface area contributed by atoms with E-state index in [9.17, 15) is 22.4 Å². The van der Waals surface area contributed by atoms with Crippen LogP contribution in [0.4, 0.5) is 20.4 Å². The van der Waals surface area contributed by atoms with Crippen LogP contribution in [-0.2, 0) is 19.7 Å². The summed E-state index contributed by atoms with van der Waals surface area (Å²) in [5.74, 6) is -3.58. The number of ether oxygens (including phenoxy) is 1. The van der Waals surface area contributed by atoms with Crippen LogP contribution in [0.15, 0.2) is 43.0 Å². The number of benzene rings is 1. The van der Waals surface area contributed by atoms with E-state index in [2.05, 4.69) is 24.7 Å². The van der Waals surface area contributed by atoms with E-state index in [-0.39, 0.29) is 29.4 Å². The van der Waals surface area contributed by atoms with E-state index in [0.717, 1.165) is 16.4 Å². The average molecular weight is 642 g/mol. The Morgan fingerprint density at radius 1 is 1.13 bits per heavy atom. The third-order valence-electron chi connectivity index (χ3n) is 7.37. The maximum absolute atomic E-state index is 15.4. The maximum Gasteiger partial charge on any atom is 0.311 e. The van der Waals surface area contributed by atoms with Crippen molar-refractivity contribution in [2.45, 2.75) is 39.7 Å². The van der Waals surface area contributed by atoms with Gasteiger partial charge in [-0.3, -0.25) is 14.3 Å². The molecule has 238 valence electrons. The number of halogens is 2. The van der Waals surface area contributed by atoms with E-state index in [1.807, 2.05) is 25.7 Å². The standard InChI is InChI=1S/C30H33F2N7O5S/c1-6-38(5)45(42,43)37-23-8-7-22(31)24(25(23)32)26(40)21-15-34-27-20(21)11-18(12-33-27)19-13-35-29(36-14-19)39-10-9-17(16-39)28(41)44-30(2,3)4/h7-8,11-15,17,37H,6,9-10,16H2,1-5H3,(H,33,34)/t17-/m0/s1. The molecule has 0 unspecified atom stereocenters. The van der Waals surface area contributed by atoms with Gasteiger partial charge in [-0.2, -0.15) is 12.7 Å². The van der Waals surface area contributed by atoms with Crippen molar-refractivity contribution in [3.8, 4) is 11.1 Å². The number of fused-ring (bicyclic) bond motifs is 1. The van der Waals surface area contributed by atoms with Crippen LogP contribution in [0, 0.1) is 17.6 Å². The van der Waals surface area contributed by atoms with Crippen molar-refractivity contribution in [1.29, 1.82) is 0 Å². The second kappa shape index (κ2) is 12.1. The van der Waals surface area contributed by atoms with Crippen molar-refractivity contribution in [1.82, 2.24) is 24.2 Å². The van der Waals surface area contributed by atoms with Gasteiger partial charge in [-0.25, -0.2) is 23.7 Å². The van der Waals surface area contributed by atoms with Gasteiger partial charge < -0.3 is 14.6 Å². The van der Waals surface area contributed by atoms with E-state index in [4.69, 9.17) is 4.74 Å². The molecule has 45 heavy (non-hydrogen) atoms.